The van der Waals surface area contributed by atoms with Gasteiger partial charge in [0, 0.05) is 24.1 Å². The Hall–Kier alpha value is -3.48. The van der Waals surface area contributed by atoms with Crippen LogP contribution in [0.5, 0.6) is 0 Å². The summed E-state index contributed by atoms with van der Waals surface area (Å²) >= 11 is 1.14. The number of nitro benzene ring substituents is 1. The van der Waals surface area contributed by atoms with Crippen LogP contribution in [-0.4, -0.2) is 32.7 Å². The number of amides is 1. The summed E-state index contributed by atoms with van der Waals surface area (Å²) in [6.45, 7) is 7.72. The third-order valence-electron chi connectivity index (χ3n) is 4.78. The number of hydrogen-bond acceptors (Lipinski definition) is 7. The molecule has 1 aromatic carbocycles. The van der Waals surface area contributed by atoms with Gasteiger partial charge in [0.15, 0.2) is 6.10 Å². The molecular weight excluding hydrogens is 477 g/mol. The molecule has 9 nitrogen and oxygen atoms in total. The zero-order valence-electron chi connectivity index (χ0n) is 18.6. The van der Waals surface area contributed by atoms with Crippen molar-refractivity contribution in [2.24, 2.45) is 5.92 Å². The van der Waals surface area contributed by atoms with E-state index in [1.54, 1.807) is 17.7 Å². The number of non-ortho nitro benzene ring substituents is 1. The predicted molar refractivity (Wildman–Crippen MR) is 119 cm³/mol. The molecule has 0 radical (unpaired) electrons. The van der Waals surface area contributed by atoms with Crippen molar-refractivity contribution in [3.05, 3.63) is 50.5 Å². The predicted octanol–water partition coefficient (Wildman–Crippen LogP) is 5.17. The van der Waals surface area contributed by atoms with Crippen molar-refractivity contribution in [3.8, 4) is 0 Å². The lowest BCUT2D eigenvalue weighted by Crippen LogP contribution is -2.30. The molecule has 13 heteroatoms. The van der Waals surface area contributed by atoms with Crippen molar-refractivity contribution >= 4 is 44.8 Å². The molecule has 182 valence electrons. The van der Waals surface area contributed by atoms with Crippen LogP contribution in [0.15, 0.2) is 24.3 Å². The third kappa shape index (κ3) is 5.35. The second-order valence-corrected chi connectivity index (χ2v) is 9.04. The molecule has 0 spiro atoms. The molecule has 1 N–H and O–H groups in total. The zero-order chi connectivity index (χ0) is 25.4. The largest absolute Gasteiger partial charge is 0.448 e. The van der Waals surface area contributed by atoms with Gasteiger partial charge in [0.05, 0.1) is 21.9 Å². The number of alkyl halides is 3. The summed E-state index contributed by atoms with van der Waals surface area (Å²) in [5.41, 5.74) is -2.11. The number of benzene rings is 1. The lowest BCUT2D eigenvalue weighted by molar-refractivity contribution is -0.385. The van der Waals surface area contributed by atoms with Crippen LogP contribution in [0, 0.1) is 23.0 Å². The van der Waals surface area contributed by atoms with Gasteiger partial charge in [-0.3, -0.25) is 19.6 Å². The molecule has 0 aliphatic rings. The summed E-state index contributed by atoms with van der Waals surface area (Å²) in [6.07, 6.45) is -6.38. The van der Waals surface area contributed by atoms with Crippen LogP contribution < -0.4 is 5.32 Å². The van der Waals surface area contributed by atoms with Gasteiger partial charge in [-0.25, -0.2) is 4.79 Å². The monoisotopic (exact) mass is 498 g/mol. The summed E-state index contributed by atoms with van der Waals surface area (Å²) in [4.78, 5) is 35.9. The third-order valence-corrected chi connectivity index (χ3v) is 5.91. The topological polar surface area (TPSA) is 116 Å². The molecule has 0 aliphatic heterocycles. The Morgan fingerprint density at radius 1 is 1.26 bits per heavy atom. The number of halogens is 3. The van der Waals surface area contributed by atoms with Gasteiger partial charge in [-0.15, -0.1) is 11.3 Å². The van der Waals surface area contributed by atoms with Crippen molar-refractivity contribution < 1.29 is 32.4 Å². The Bertz CT molecular complexity index is 1270. The molecule has 3 rings (SSSR count). The normalized spacial score (nSPS) is 12.7. The van der Waals surface area contributed by atoms with E-state index < -0.39 is 46.0 Å². The molecule has 1 atom stereocenters. The number of nitro groups is 1. The number of fused-ring (bicyclic) bond motifs is 1. The fraction of sp³-hybridized carbons (Fsp3) is 0.381. The van der Waals surface area contributed by atoms with Crippen LogP contribution in [0.1, 0.15) is 41.7 Å². The van der Waals surface area contributed by atoms with E-state index in [4.69, 9.17) is 4.74 Å². The summed E-state index contributed by atoms with van der Waals surface area (Å²) in [5.74, 6) is -1.50. The minimum absolute atomic E-state index is 0.221. The van der Waals surface area contributed by atoms with Crippen LogP contribution in [0.3, 0.4) is 0 Å². The van der Waals surface area contributed by atoms with E-state index in [0.717, 1.165) is 39.4 Å². The highest BCUT2D eigenvalue weighted by molar-refractivity contribution is 7.20. The SMILES string of the molecule is Cc1nn(CC(C)C)c2sc(C(=O)OC(C)C(=O)Nc3ccc([N+](=O)[O-])cc3C(F)(F)F)cc12. The van der Waals surface area contributed by atoms with Gasteiger partial charge in [-0.05, 0) is 31.9 Å². The molecule has 2 heterocycles. The summed E-state index contributed by atoms with van der Waals surface area (Å²) in [6, 6.07) is 3.54. The fourth-order valence-electron chi connectivity index (χ4n) is 3.18. The van der Waals surface area contributed by atoms with E-state index in [0.29, 0.717) is 18.5 Å². The number of ether oxygens (including phenoxy) is 1. The number of aromatic nitrogens is 2. The first-order valence-corrected chi connectivity index (χ1v) is 10.9. The number of anilines is 1. The number of rotatable bonds is 7. The average Bonchev–Trinajstić information content (AvgIpc) is 3.28. The molecule has 3 aromatic rings. The number of thiophene rings is 1. The lowest BCUT2D eigenvalue weighted by Gasteiger charge is -2.16. The van der Waals surface area contributed by atoms with Gasteiger partial charge in [0.25, 0.3) is 11.6 Å². The average molecular weight is 498 g/mol. The van der Waals surface area contributed by atoms with E-state index in [-0.39, 0.29) is 4.88 Å². The van der Waals surface area contributed by atoms with E-state index in [1.807, 2.05) is 19.2 Å². The smallest absolute Gasteiger partial charge is 0.418 e. The highest BCUT2D eigenvalue weighted by Gasteiger charge is 2.36. The van der Waals surface area contributed by atoms with Crippen molar-refractivity contribution in [2.45, 2.75) is 46.5 Å². The Balaban J connectivity index is 1.76. The lowest BCUT2D eigenvalue weighted by atomic mass is 10.1. The first kappa shape index (κ1) is 25.1. The van der Waals surface area contributed by atoms with Gasteiger partial charge in [-0.2, -0.15) is 18.3 Å². The summed E-state index contributed by atoms with van der Waals surface area (Å²) in [5, 5.41) is 18.1. The molecule has 34 heavy (non-hydrogen) atoms. The highest BCUT2D eigenvalue weighted by Crippen LogP contribution is 2.37. The van der Waals surface area contributed by atoms with Crippen LogP contribution in [0.4, 0.5) is 24.5 Å². The molecule has 2 aromatic heterocycles. The zero-order valence-corrected chi connectivity index (χ0v) is 19.4. The maximum absolute atomic E-state index is 13.3. The standard InChI is InChI=1S/C21H21F3N4O5S/c1-10(2)9-27-19-14(11(3)26-27)8-17(34-19)20(30)33-12(4)18(29)25-16-6-5-13(28(31)32)7-15(16)21(22,23)24/h5-8,10,12H,9H2,1-4H3,(H,25,29). The molecule has 0 saturated heterocycles. The molecule has 0 saturated carbocycles. The van der Waals surface area contributed by atoms with Gasteiger partial charge < -0.3 is 10.1 Å². The Kier molecular flexibility index (Phi) is 6.96. The fourth-order valence-corrected chi connectivity index (χ4v) is 4.23. The van der Waals surface area contributed by atoms with E-state index in [2.05, 4.69) is 5.10 Å². The van der Waals surface area contributed by atoms with E-state index in [1.165, 1.54) is 6.92 Å². The minimum Gasteiger partial charge on any atom is -0.448 e. The minimum atomic E-state index is -4.95. The Morgan fingerprint density at radius 3 is 2.53 bits per heavy atom. The summed E-state index contributed by atoms with van der Waals surface area (Å²) < 4.78 is 46.9. The first-order valence-electron chi connectivity index (χ1n) is 10.1. The number of hydrogen-bond donors (Lipinski definition) is 1. The second kappa shape index (κ2) is 9.41. The van der Waals surface area contributed by atoms with E-state index >= 15 is 0 Å². The number of nitrogens with one attached hydrogen (secondary N) is 1. The second-order valence-electron chi connectivity index (χ2n) is 8.01. The van der Waals surface area contributed by atoms with Gasteiger partial charge in [-0.1, -0.05) is 13.8 Å². The van der Waals surface area contributed by atoms with Crippen molar-refractivity contribution in [1.82, 2.24) is 9.78 Å². The number of carbonyl (C=O) groups excluding carboxylic acids is 2. The van der Waals surface area contributed by atoms with E-state index in [9.17, 15) is 32.9 Å². The molecule has 1 amide bonds. The molecule has 0 fully saturated rings. The first-order chi connectivity index (χ1) is 15.8. The van der Waals surface area contributed by atoms with Crippen LogP contribution in [-0.2, 0) is 22.3 Å². The maximum atomic E-state index is 13.3. The van der Waals surface area contributed by atoms with Crippen LogP contribution in [0.2, 0.25) is 0 Å². The van der Waals surface area contributed by atoms with Crippen molar-refractivity contribution in [3.63, 3.8) is 0 Å². The number of esters is 1. The number of aryl methyl sites for hydroxylation is 1. The van der Waals surface area contributed by atoms with Crippen LogP contribution >= 0.6 is 11.3 Å². The van der Waals surface area contributed by atoms with Crippen LogP contribution in [0.25, 0.3) is 10.2 Å². The Morgan fingerprint density at radius 2 is 1.94 bits per heavy atom. The summed E-state index contributed by atoms with van der Waals surface area (Å²) in [7, 11) is 0. The quantitative estimate of drug-likeness (QED) is 0.273. The van der Waals surface area contributed by atoms with Gasteiger partial charge >= 0.3 is 12.1 Å². The Labute approximate surface area is 195 Å². The number of carbonyl (C=O) groups is 2. The van der Waals surface area contributed by atoms with Crippen molar-refractivity contribution in [2.75, 3.05) is 5.32 Å². The highest BCUT2D eigenvalue weighted by atomic mass is 32.1. The van der Waals surface area contributed by atoms with Gasteiger partial charge in [0.2, 0.25) is 0 Å². The molecule has 0 bridgehead atoms. The molecule has 0 aliphatic carbocycles. The maximum Gasteiger partial charge on any atom is 0.418 e. The molecule has 1 unspecified atom stereocenters. The molecular formula is C21H21F3N4O5S. The van der Waals surface area contributed by atoms with Crippen molar-refractivity contribution in [1.29, 1.82) is 0 Å². The number of nitrogens with zero attached hydrogens (tertiary/aromatic N) is 3. The van der Waals surface area contributed by atoms with Gasteiger partial charge in [0.1, 0.15) is 9.71 Å².